The normalized spacial score (nSPS) is 16.3. The van der Waals surface area contributed by atoms with Crippen LogP contribution in [0, 0.1) is 0 Å². The number of likely N-dealkylation sites (N-methyl/N-ethyl adjacent to an activating group) is 1. The van der Waals surface area contributed by atoms with Gasteiger partial charge in [-0.15, -0.1) is 0 Å². The van der Waals surface area contributed by atoms with Crippen LogP contribution < -0.4 is 14.8 Å². The van der Waals surface area contributed by atoms with Crippen molar-refractivity contribution in [3.63, 3.8) is 0 Å². The number of anilines is 1. The summed E-state index contributed by atoms with van der Waals surface area (Å²) in [4.78, 5) is 11.2. The number of hydrogen-bond donors (Lipinski definition) is 1. The average molecular weight is 376 g/mol. The van der Waals surface area contributed by atoms with Crippen molar-refractivity contribution in [2.24, 2.45) is 0 Å². The monoisotopic (exact) mass is 376 g/mol. The fraction of sp³-hybridized carbons (Fsp3) is 0.278. The minimum Gasteiger partial charge on any atom is -0.486 e. The Bertz CT molecular complexity index is 896. The third-order valence-electron chi connectivity index (χ3n) is 3.91. The highest BCUT2D eigenvalue weighted by molar-refractivity contribution is 7.89. The molecule has 0 fully saturated rings. The second-order valence-corrected chi connectivity index (χ2v) is 8.03. The summed E-state index contributed by atoms with van der Waals surface area (Å²) in [5.41, 5.74) is 0.541. The maximum absolute atomic E-state index is 12.7. The number of nitrogens with one attached hydrogen (secondary N) is 1. The van der Waals surface area contributed by atoms with Crippen LogP contribution >= 0.6 is 0 Å². The molecule has 0 saturated carbocycles. The molecule has 0 aromatic heterocycles. The van der Waals surface area contributed by atoms with Crippen molar-refractivity contribution in [1.82, 2.24) is 4.31 Å². The molecule has 1 aliphatic heterocycles. The number of carbonyl (C=O) groups is 1. The topological polar surface area (TPSA) is 84.9 Å². The third kappa shape index (κ3) is 3.97. The van der Waals surface area contributed by atoms with Gasteiger partial charge >= 0.3 is 0 Å². The van der Waals surface area contributed by atoms with Gasteiger partial charge in [0.15, 0.2) is 11.5 Å². The Morgan fingerprint density at radius 2 is 1.81 bits per heavy atom. The molecule has 0 aliphatic carbocycles. The first kappa shape index (κ1) is 18.2. The lowest BCUT2D eigenvalue weighted by molar-refractivity contribution is -0.114. The van der Waals surface area contributed by atoms with Crippen LogP contribution in [0.4, 0.5) is 5.69 Å². The summed E-state index contributed by atoms with van der Waals surface area (Å²) in [5.74, 6) is 1.05. The van der Waals surface area contributed by atoms with E-state index in [4.69, 9.17) is 9.47 Å². The minimum atomic E-state index is -3.68. The SMILES string of the molecule is CC(=O)Nc1ccc(S(=O)(=O)N(C)C[C@H]2COc3ccccc3O2)cc1. The zero-order valence-electron chi connectivity index (χ0n) is 14.5. The van der Waals surface area contributed by atoms with E-state index in [9.17, 15) is 13.2 Å². The molecule has 1 atom stereocenters. The minimum absolute atomic E-state index is 0.145. The highest BCUT2D eigenvalue weighted by atomic mass is 32.2. The van der Waals surface area contributed by atoms with Gasteiger partial charge in [0.2, 0.25) is 15.9 Å². The smallest absolute Gasteiger partial charge is 0.242 e. The van der Waals surface area contributed by atoms with E-state index in [1.165, 1.54) is 30.4 Å². The Labute approximate surface area is 152 Å². The van der Waals surface area contributed by atoms with Gasteiger partial charge in [-0.05, 0) is 36.4 Å². The maximum atomic E-state index is 12.7. The van der Waals surface area contributed by atoms with E-state index in [2.05, 4.69) is 5.32 Å². The number of fused-ring (bicyclic) bond motifs is 1. The predicted molar refractivity (Wildman–Crippen MR) is 96.9 cm³/mol. The predicted octanol–water partition coefficient (Wildman–Crippen LogP) is 2.11. The van der Waals surface area contributed by atoms with Crippen LogP contribution in [0.3, 0.4) is 0 Å². The number of hydrogen-bond acceptors (Lipinski definition) is 5. The van der Waals surface area contributed by atoms with Crippen LogP contribution in [-0.2, 0) is 14.8 Å². The van der Waals surface area contributed by atoms with Crippen LogP contribution in [0.5, 0.6) is 11.5 Å². The number of sulfonamides is 1. The first-order valence-electron chi connectivity index (χ1n) is 8.09. The van der Waals surface area contributed by atoms with Crippen molar-refractivity contribution in [2.45, 2.75) is 17.9 Å². The first-order valence-corrected chi connectivity index (χ1v) is 9.53. The summed E-state index contributed by atoms with van der Waals surface area (Å²) in [5, 5.41) is 2.60. The molecular weight excluding hydrogens is 356 g/mol. The molecule has 1 aliphatic rings. The number of para-hydroxylation sites is 2. The van der Waals surface area contributed by atoms with Crippen LogP contribution in [0.1, 0.15) is 6.92 Å². The van der Waals surface area contributed by atoms with E-state index in [-0.39, 0.29) is 24.0 Å². The summed E-state index contributed by atoms with van der Waals surface area (Å²) in [6.07, 6.45) is -0.400. The summed E-state index contributed by atoms with van der Waals surface area (Å²) < 4.78 is 38.1. The standard InChI is InChI=1S/C18H20N2O5S/c1-13(21)19-14-7-9-16(10-8-14)26(22,23)20(2)11-15-12-24-17-5-3-4-6-18(17)25-15/h3-10,15H,11-12H2,1-2H3,(H,19,21)/t15-/m0/s1. The summed E-state index contributed by atoms with van der Waals surface area (Å²) >= 11 is 0. The number of ether oxygens (including phenoxy) is 2. The summed E-state index contributed by atoms with van der Waals surface area (Å²) in [6, 6.07) is 13.3. The highest BCUT2D eigenvalue weighted by Gasteiger charge is 2.28. The number of rotatable bonds is 5. The van der Waals surface area contributed by atoms with E-state index in [1.807, 2.05) is 18.2 Å². The van der Waals surface area contributed by atoms with Crippen LogP contribution in [0.25, 0.3) is 0 Å². The van der Waals surface area contributed by atoms with Crippen LogP contribution in [-0.4, -0.2) is 44.9 Å². The Morgan fingerprint density at radius 3 is 2.46 bits per heavy atom. The number of carbonyl (C=O) groups excluding carboxylic acids is 1. The van der Waals surface area contributed by atoms with Gasteiger partial charge in [0.05, 0.1) is 11.4 Å². The van der Waals surface area contributed by atoms with Gasteiger partial charge in [0.25, 0.3) is 0 Å². The molecule has 0 radical (unpaired) electrons. The first-order chi connectivity index (χ1) is 12.4. The molecule has 3 rings (SSSR count). The average Bonchev–Trinajstić information content (AvgIpc) is 2.61. The summed E-state index contributed by atoms with van der Waals surface area (Å²) in [6.45, 7) is 1.82. The molecular formula is C18H20N2O5S. The lowest BCUT2D eigenvalue weighted by atomic mass is 10.2. The molecule has 1 amide bonds. The van der Waals surface area contributed by atoms with Gasteiger partial charge in [-0.1, -0.05) is 12.1 Å². The van der Waals surface area contributed by atoms with Crippen molar-refractivity contribution >= 4 is 21.6 Å². The summed E-state index contributed by atoms with van der Waals surface area (Å²) in [7, 11) is -2.17. The van der Waals surface area contributed by atoms with Crippen molar-refractivity contribution < 1.29 is 22.7 Å². The van der Waals surface area contributed by atoms with Crippen molar-refractivity contribution in [2.75, 3.05) is 25.5 Å². The van der Waals surface area contributed by atoms with E-state index in [0.717, 1.165) is 0 Å². The zero-order valence-corrected chi connectivity index (χ0v) is 15.3. The molecule has 26 heavy (non-hydrogen) atoms. The molecule has 2 aromatic rings. The zero-order chi connectivity index (χ0) is 18.7. The van der Waals surface area contributed by atoms with E-state index >= 15 is 0 Å². The van der Waals surface area contributed by atoms with Crippen LogP contribution in [0.15, 0.2) is 53.4 Å². The third-order valence-corrected chi connectivity index (χ3v) is 5.75. The quantitative estimate of drug-likeness (QED) is 0.864. The van der Waals surface area contributed by atoms with Crippen LogP contribution in [0.2, 0.25) is 0 Å². The molecule has 7 nitrogen and oxygen atoms in total. The van der Waals surface area contributed by atoms with E-state index in [0.29, 0.717) is 17.2 Å². The maximum Gasteiger partial charge on any atom is 0.242 e. The molecule has 1 heterocycles. The lowest BCUT2D eigenvalue weighted by Crippen LogP contribution is -2.41. The molecule has 0 bridgehead atoms. The van der Waals surface area contributed by atoms with E-state index < -0.39 is 16.1 Å². The Balaban J connectivity index is 1.69. The lowest BCUT2D eigenvalue weighted by Gasteiger charge is -2.29. The second kappa shape index (κ2) is 7.35. The Morgan fingerprint density at radius 1 is 1.15 bits per heavy atom. The fourth-order valence-corrected chi connectivity index (χ4v) is 3.83. The highest BCUT2D eigenvalue weighted by Crippen LogP contribution is 2.31. The molecule has 0 spiro atoms. The van der Waals surface area contributed by atoms with Gasteiger partial charge < -0.3 is 14.8 Å². The van der Waals surface area contributed by atoms with Gasteiger partial charge in [-0.3, -0.25) is 4.79 Å². The Kier molecular flexibility index (Phi) is 5.15. The van der Waals surface area contributed by atoms with Gasteiger partial charge in [0, 0.05) is 19.7 Å². The van der Waals surface area contributed by atoms with Gasteiger partial charge in [-0.25, -0.2) is 8.42 Å². The fourth-order valence-electron chi connectivity index (χ4n) is 2.63. The number of nitrogens with zero attached hydrogens (tertiary/aromatic N) is 1. The van der Waals surface area contributed by atoms with Gasteiger partial charge in [0.1, 0.15) is 12.7 Å². The van der Waals surface area contributed by atoms with Gasteiger partial charge in [-0.2, -0.15) is 4.31 Å². The van der Waals surface area contributed by atoms with Crippen molar-refractivity contribution in [1.29, 1.82) is 0 Å². The molecule has 0 saturated heterocycles. The molecule has 0 unspecified atom stereocenters. The molecule has 2 aromatic carbocycles. The van der Waals surface area contributed by atoms with Crippen molar-refractivity contribution in [3.05, 3.63) is 48.5 Å². The Hall–Kier alpha value is -2.58. The van der Waals surface area contributed by atoms with Crippen molar-refractivity contribution in [3.8, 4) is 11.5 Å². The number of amides is 1. The van der Waals surface area contributed by atoms with E-state index in [1.54, 1.807) is 18.2 Å². The number of benzene rings is 2. The second-order valence-electron chi connectivity index (χ2n) is 5.99. The molecule has 1 N–H and O–H groups in total. The largest absolute Gasteiger partial charge is 0.486 e. The molecule has 138 valence electrons. The molecule has 8 heteroatoms.